The van der Waals surface area contributed by atoms with Crippen LogP contribution in [0.1, 0.15) is 25.1 Å². The van der Waals surface area contributed by atoms with Crippen molar-refractivity contribution in [3.05, 3.63) is 47.5 Å². The van der Waals surface area contributed by atoms with Gasteiger partial charge in [-0.05, 0) is 30.2 Å². The monoisotopic (exact) mass is 262 g/mol. The number of rotatable bonds is 6. The van der Waals surface area contributed by atoms with E-state index in [2.05, 4.69) is 29.5 Å². The van der Waals surface area contributed by atoms with Crippen LogP contribution in [0.2, 0.25) is 0 Å². The number of hydrogen-bond donors (Lipinski definition) is 1. The van der Waals surface area contributed by atoms with Crippen LogP contribution in [-0.2, 0) is 13.1 Å². The summed E-state index contributed by atoms with van der Waals surface area (Å²) in [5, 5.41) is 11.4. The van der Waals surface area contributed by atoms with Crippen LogP contribution in [-0.4, -0.2) is 21.5 Å². The maximum atomic E-state index is 13.1. The van der Waals surface area contributed by atoms with E-state index in [1.165, 1.54) is 12.1 Å². The van der Waals surface area contributed by atoms with E-state index in [4.69, 9.17) is 0 Å². The largest absolute Gasteiger partial charge is 0.311 e. The highest BCUT2D eigenvalue weighted by Gasteiger charge is 2.02. The van der Waals surface area contributed by atoms with E-state index in [1.54, 1.807) is 10.7 Å². The lowest BCUT2D eigenvalue weighted by atomic mass is 10.2. The summed E-state index contributed by atoms with van der Waals surface area (Å²) in [4.78, 5) is 0. The molecule has 0 amide bonds. The minimum absolute atomic E-state index is 0.226. The van der Waals surface area contributed by atoms with Crippen LogP contribution in [0.15, 0.2) is 30.5 Å². The average Bonchev–Trinajstić information content (AvgIpc) is 2.76. The van der Waals surface area contributed by atoms with Crippen molar-refractivity contribution >= 4 is 0 Å². The summed E-state index contributed by atoms with van der Waals surface area (Å²) in [6.45, 7) is 6.52. The van der Waals surface area contributed by atoms with Gasteiger partial charge >= 0.3 is 0 Å². The smallest absolute Gasteiger partial charge is 0.123 e. The molecule has 0 saturated carbocycles. The fraction of sp³-hybridized carbons (Fsp3) is 0.429. The number of nitrogens with one attached hydrogen (secondary N) is 1. The normalized spacial score (nSPS) is 11.2. The zero-order valence-electron chi connectivity index (χ0n) is 11.3. The second kappa shape index (κ2) is 6.43. The number of benzene rings is 1. The highest BCUT2D eigenvalue weighted by molar-refractivity contribution is 5.16. The minimum atomic E-state index is -0.226. The van der Waals surface area contributed by atoms with E-state index in [0.717, 1.165) is 17.8 Å². The van der Waals surface area contributed by atoms with Crippen LogP contribution in [0.5, 0.6) is 0 Å². The van der Waals surface area contributed by atoms with Gasteiger partial charge in [-0.15, -0.1) is 5.10 Å². The van der Waals surface area contributed by atoms with E-state index in [-0.39, 0.29) is 5.82 Å². The second-order valence-electron chi connectivity index (χ2n) is 5.06. The third-order valence-corrected chi connectivity index (χ3v) is 2.68. The first-order valence-corrected chi connectivity index (χ1v) is 6.47. The highest BCUT2D eigenvalue weighted by Crippen LogP contribution is 2.05. The topological polar surface area (TPSA) is 42.7 Å². The summed E-state index contributed by atoms with van der Waals surface area (Å²) in [6.07, 6.45) is 1.89. The molecule has 0 bridgehead atoms. The van der Waals surface area contributed by atoms with E-state index in [0.29, 0.717) is 19.0 Å². The summed E-state index contributed by atoms with van der Waals surface area (Å²) in [5.41, 5.74) is 1.78. The summed E-state index contributed by atoms with van der Waals surface area (Å²) < 4.78 is 14.8. The summed E-state index contributed by atoms with van der Waals surface area (Å²) in [6, 6.07) is 6.53. The molecule has 19 heavy (non-hydrogen) atoms. The maximum Gasteiger partial charge on any atom is 0.123 e. The van der Waals surface area contributed by atoms with Gasteiger partial charge in [-0.25, -0.2) is 9.07 Å². The van der Waals surface area contributed by atoms with Crippen molar-refractivity contribution in [3.8, 4) is 0 Å². The lowest BCUT2D eigenvalue weighted by Gasteiger charge is -2.04. The maximum absolute atomic E-state index is 13.1. The van der Waals surface area contributed by atoms with Crippen LogP contribution >= 0.6 is 0 Å². The molecule has 102 valence electrons. The standard InChI is InChI=1S/C14H19FN4/c1-11(2)7-16-8-14-10-19(18-17-14)9-12-4-3-5-13(15)6-12/h3-6,10-11,16H,7-9H2,1-2H3. The van der Waals surface area contributed by atoms with Gasteiger partial charge in [0.1, 0.15) is 5.82 Å². The molecule has 5 heteroatoms. The molecule has 1 aromatic heterocycles. The second-order valence-corrected chi connectivity index (χ2v) is 5.06. The Kier molecular flexibility index (Phi) is 4.63. The Morgan fingerprint density at radius 1 is 1.37 bits per heavy atom. The van der Waals surface area contributed by atoms with Crippen LogP contribution in [0.3, 0.4) is 0 Å². The molecule has 0 fully saturated rings. The molecule has 1 aromatic carbocycles. The van der Waals surface area contributed by atoms with Crippen molar-refractivity contribution < 1.29 is 4.39 Å². The van der Waals surface area contributed by atoms with E-state index in [9.17, 15) is 4.39 Å². The zero-order valence-corrected chi connectivity index (χ0v) is 11.3. The average molecular weight is 262 g/mol. The highest BCUT2D eigenvalue weighted by atomic mass is 19.1. The van der Waals surface area contributed by atoms with Crippen molar-refractivity contribution in [1.29, 1.82) is 0 Å². The van der Waals surface area contributed by atoms with Gasteiger partial charge in [0.05, 0.1) is 18.4 Å². The van der Waals surface area contributed by atoms with Crippen molar-refractivity contribution in [2.24, 2.45) is 5.92 Å². The molecule has 0 aliphatic rings. The van der Waals surface area contributed by atoms with Gasteiger partial charge in [0.25, 0.3) is 0 Å². The predicted molar refractivity (Wildman–Crippen MR) is 72.1 cm³/mol. The van der Waals surface area contributed by atoms with Crippen molar-refractivity contribution in [2.45, 2.75) is 26.9 Å². The molecule has 2 aromatic rings. The van der Waals surface area contributed by atoms with Crippen molar-refractivity contribution in [1.82, 2.24) is 20.3 Å². The molecule has 4 nitrogen and oxygen atoms in total. The third-order valence-electron chi connectivity index (χ3n) is 2.68. The molecule has 0 aliphatic heterocycles. The van der Waals surface area contributed by atoms with Crippen molar-refractivity contribution in [3.63, 3.8) is 0 Å². The lowest BCUT2D eigenvalue weighted by Crippen LogP contribution is -2.19. The molecule has 1 heterocycles. The Balaban J connectivity index is 1.90. The molecule has 0 aliphatic carbocycles. The van der Waals surface area contributed by atoms with Crippen LogP contribution in [0.4, 0.5) is 4.39 Å². The van der Waals surface area contributed by atoms with Gasteiger partial charge in [0.15, 0.2) is 0 Å². The third kappa shape index (κ3) is 4.44. The number of hydrogen-bond acceptors (Lipinski definition) is 3. The lowest BCUT2D eigenvalue weighted by molar-refractivity contribution is 0.548. The molecule has 0 radical (unpaired) electrons. The van der Waals surface area contributed by atoms with Crippen LogP contribution in [0.25, 0.3) is 0 Å². The van der Waals surface area contributed by atoms with E-state index >= 15 is 0 Å². The van der Waals surface area contributed by atoms with E-state index < -0.39 is 0 Å². The number of nitrogens with zero attached hydrogens (tertiary/aromatic N) is 3. The quantitative estimate of drug-likeness (QED) is 0.868. The van der Waals surface area contributed by atoms with Crippen LogP contribution in [0, 0.1) is 11.7 Å². The molecule has 0 spiro atoms. The van der Waals surface area contributed by atoms with Gasteiger partial charge in [-0.1, -0.05) is 31.2 Å². The Labute approximate surface area is 112 Å². The number of halogens is 1. The molecular formula is C14H19FN4. The summed E-state index contributed by atoms with van der Waals surface area (Å²) in [7, 11) is 0. The Hall–Kier alpha value is -1.75. The first kappa shape index (κ1) is 13.7. The molecule has 1 N–H and O–H groups in total. The van der Waals surface area contributed by atoms with Crippen molar-refractivity contribution in [2.75, 3.05) is 6.54 Å². The Bertz CT molecular complexity index is 522. The fourth-order valence-corrected chi connectivity index (χ4v) is 1.81. The Morgan fingerprint density at radius 3 is 2.95 bits per heavy atom. The predicted octanol–water partition coefficient (Wildman–Crippen LogP) is 2.21. The fourth-order valence-electron chi connectivity index (χ4n) is 1.81. The first-order chi connectivity index (χ1) is 9.13. The van der Waals surface area contributed by atoms with E-state index in [1.807, 2.05) is 12.3 Å². The molecule has 0 saturated heterocycles. The summed E-state index contributed by atoms with van der Waals surface area (Å²) >= 11 is 0. The Morgan fingerprint density at radius 2 is 2.21 bits per heavy atom. The molecular weight excluding hydrogens is 243 g/mol. The van der Waals surface area contributed by atoms with Gasteiger partial charge in [-0.3, -0.25) is 0 Å². The van der Waals surface area contributed by atoms with Gasteiger partial charge in [-0.2, -0.15) is 0 Å². The first-order valence-electron chi connectivity index (χ1n) is 6.47. The van der Waals surface area contributed by atoms with Gasteiger partial charge in [0.2, 0.25) is 0 Å². The van der Waals surface area contributed by atoms with Crippen LogP contribution < -0.4 is 5.32 Å². The van der Waals surface area contributed by atoms with Gasteiger partial charge in [0, 0.05) is 6.54 Å². The molecule has 2 rings (SSSR count). The SMILES string of the molecule is CC(C)CNCc1cn(Cc2cccc(F)c2)nn1. The number of aromatic nitrogens is 3. The zero-order chi connectivity index (χ0) is 13.7. The minimum Gasteiger partial charge on any atom is -0.311 e. The molecule has 0 unspecified atom stereocenters. The summed E-state index contributed by atoms with van der Waals surface area (Å²) in [5.74, 6) is 0.388. The van der Waals surface area contributed by atoms with Gasteiger partial charge < -0.3 is 5.32 Å². The molecule has 0 atom stereocenters.